The van der Waals surface area contributed by atoms with Gasteiger partial charge in [-0.2, -0.15) is 5.10 Å². The molecule has 1 aromatic rings. The van der Waals surface area contributed by atoms with Crippen LogP contribution in [-0.4, -0.2) is 16.8 Å². The van der Waals surface area contributed by atoms with Gasteiger partial charge >= 0.3 is 5.97 Å². The first-order valence-corrected chi connectivity index (χ1v) is 4.76. The molecule has 4 heteroatoms. The van der Waals surface area contributed by atoms with E-state index in [1.807, 2.05) is 13.8 Å². The van der Waals surface area contributed by atoms with Crippen molar-refractivity contribution in [3.63, 3.8) is 0 Å². The van der Waals surface area contributed by atoms with E-state index in [0.29, 0.717) is 5.69 Å². The van der Waals surface area contributed by atoms with Crippen molar-refractivity contribution in [2.75, 3.05) is 5.43 Å². The molecule has 0 aliphatic carbocycles. The molecule has 1 rings (SSSR count). The van der Waals surface area contributed by atoms with Crippen molar-refractivity contribution >= 4 is 17.4 Å². The van der Waals surface area contributed by atoms with Crippen LogP contribution in [0.15, 0.2) is 29.4 Å². The van der Waals surface area contributed by atoms with Crippen LogP contribution in [-0.2, 0) is 0 Å². The molecule has 0 amide bonds. The Bertz CT molecular complexity index is 386. The highest BCUT2D eigenvalue weighted by atomic mass is 16.4. The summed E-state index contributed by atoms with van der Waals surface area (Å²) in [5.41, 5.74) is 4.42. The summed E-state index contributed by atoms with van der Waals surface area (Å²) in [6, 6.07) is 6.69. The zero-order valence-electron chi connectivity index (χ0n) is 8.82. The largest absolute Gasteiger partial charge is 0.478 e. The Kier molecular flexibility index (Phi) is 3.85. The third-order valence-electron chi connectivity index (χ3n) is 2.04. The number of carbonyl (C=O) groups is 1. The highest BCUT2D eigenvalue weighted by Crippen LogP contribution is 2.14. The maximum Gasteiger partial charge on any atom is 0.337 e. The Morgan fingerprint density at radius 2 is 2.13 bits per heavy atom. The van der Waals surface area contributed by atoms with Gasteiger partial charge in [0.1, 0.15) is 0 Å². The molecule has 0 bridgehead atoms. The number of benzene rings is 1. The van der Waals surface area contributed by atoms with Crippen LogP contribution in [0, 0.1) is 0 Å². The highest BCUT2D eigenvalue weighted by Gasteiger charge is 2.07. The van der Waals surface area contributed by atoms with Gasteiger partial charge in [0.05, 0.1) is 11.3 Å². The molecule has 0 unspecified atom stereocenters. The zero-order chi connectivity index (χ0) is 11.3. The Balaban J connectivity index is 2.90. The van der Waals surface area contributed by atoms with Gasteiger partial charge in [-0.3, -0.25) is 5.43 Å². The minimum atomic E-state index is -0.956. The van der Waals surface area contributed by atoms with Crippen LogP contribution >= 0.6 is 0 Å². The second-order valence-electron chi connectivity index (χ2n) is 3.16. The summed E-state index contributed by atoms with van der Waals surface area (Å²) in [5.74, 6) is -0.956. The fourth-order valence-corrected chi connectivity index (χ4v) is 1.00. The fourth-order valence-electron chi connectivity index (χ4n) is 1.00. The fraction of sp³-hybridized carbons (Fsp3) is 0.273. The van der Waals surface area contributed by atoms with Gasteiger partial charge in [-0.25, -0.2) is 4.79 Å². The number of carboxylic acid groups (broad SMARTS) is 1. The summed E-state index contributed by atoms with van der Waals surface area (Å²) in [5, 5.41) is 13.0. The van der Waals surface area contributed by atoms with Crippen molar-refractivity contribution in [1.82, 2.24) is 0 Å². The lowest BCUT2D eigenvalue weighted by Crippen LogP contribution is -2.03. The van der Waals surface area contributed by atoms with Crippen molar-refractivity contribution in [3.8, 4) is 0 Å². The molecule has 0 saturated carbocycles. The minimum Gasteiger partial charge on any atom is -0.478 e. The van der Waals surface area contributed by atoms with E-state index in [1.165, 1.54) is 0 Å². The molecule has 0 saturated heterocycles. The lowest BCUT2D eigenvalue weighted by Gasteiger charge is -2.05. The number of rotatable bonds is 4. The summed E-state index contributed by atoms with van der Waals surface area (Å²) < 4.78 is 0. The number of carboxylic acids is 1. The molecule has 1 aromatic carbocycles. The Hall–Kier alpha value is -1.84. The topological polar surface area (TPSA) is 61.7 Å². The van der Waals surface area contributed by atoms with E-state index < -0.39 is 5.97 Å². The molecule has 0 fully saturated rings. The van der Waals surface area contributed by atoms with E-state index in [-0.39, 0.29) is 5.56 Å². The molecule has 0 aliphatic heterocycles. The molecule has 0 aliphatic rings. The number of hydrogen-bond acceptors (Lipinski definition) is 3. The number of hydrazone groups is 1. The summed E-state index contributed by atoms with van der Waals surface area (Å²) in [6.45, 7) is 3.87. The van der Waals surface area contributed by atoms with Crippen LogP contribution in [0.5, 0.6) is 0 Å². The van der Waals surface area contributed by atoms with E-state index in [1.54, 1.807) is 24.3 Å². The van der Waals surface area contributed by atoms with Crippen LogP contribution in [0.25, 0.3) is 0 Å². The molecule has 15 heavy (non-hydrogen) atoms. The maximum atomic E-state index is 10.8. The molecule has 2 N–H and O–H groups in total. The van der Waals surface area contributed by atoms with Crippen molar-refractivity contribution in [2.45, 2.75) is 20.3 Å². The van der Waals surface area contributed by atoms with Gasteiger partial charge in [-0.05, 0) is 25.5 Å². The summed E-state index contributed by atoms with van der Waals surface area (Å²) in [6.07, 6.45) is 0.836. The summed E-state index contributed by atoms with van der Waals surface area (Å²) in [7, 11) is 0. The number of para-hydroxylation sites is 1. The van der Waals surface area contributed by atoms with Crippen molar-refractivity contribution < 1.29 is 9.90 Å². The lowest BCUT2D eigenvalue weighted by atomic mass is 10.2. The molecule has 0 spiro atoms. The van der Waals surface area contributed by atoms with Crippen molar-refractivity contribution in [1.29, 1.82) is 0 Å². The first-order chi connectivity index (χ1) is 7.15. The van der Waals surface area contributed by atoms with E-state index in [0.717, 1.165) is 12.1 Å². The first kappa shape index (κ1) is 11.2. The zero-order valence-corrected chi connectivity index (χ0v) is 8.82. The standard InChI is InChI=1S/C11H14N2O2/c1-3-8(2)12-13-10-7-5-4-6-9(10)11(14)15/h4-7,13H,3H2,1-2H3,(H,14,15)/b12-8+. The Morgan fingerprint density at radius 1 is 1.47 bits per heavy atom. The van der Waals surface area contributed by atoms with E-state index >= 15 is 0 Å². The molecular formula is C11H14N2O2. The SMILES string of the molecule is CC/C(C)=N/Nc1ccccc1C(=O)O. The molecule has 4 nitrogen and oxygen atoms in total. The van der Waals surface area contributed by atoms with Crippen LogP contribution < -0.4 is 5.43 Å². The van der Waals surface area contributed by atoms with Gasteiger partial charge in [0.2, 0.25) is 0 Å². The molecule has 0 aromatic heterocycles. The van der Waals surface area contributed by atoms with Gasteiger partial charge in [-0.15, -0.1) is 0 Å². The van der Waals surface area contributed by atoms with Gasteiger partial charge in [0, 0.05) is 5.71 Å². The predicted molar refractivity (Wildman–Crippen MR) is 60.4 cm³/mol. The van der Waals surface area contributed by atoms with Gasteiger partial charge in [-0.1, -0.05) is 19.1 Å². The van der Waals surface area contributed by atoms with Gasteiger partial charge in [0.15, 0.2) is 0 Å². The average molecular weight is 206 g/mol. The number of anilines is 1. The van der Waals surface area contributed by atoms with Crippen LogP contribution in [0.3, 0.4) is 0 Å². The van der Waals surface area contributed by atoms with Crippen LogP contribution in [0.2, 0.25) is 0 Å². The predicted octanol–water partition coefficient (Wildman–Crippen LogP) is 2.58. The van der Waals surface area contributed by atoms with Crippen molar-refractivity contribution in [2.24, 2.45) is 5.10 Å². The van der Waals surface area contributed by atoms with E-state index in [2.05, 4.69) is 10.5 Å². The van der Waals surface area contributed by atoms with Crippen molar-refractivity contribution in [3.05, 3.63) is 29.8 Å². The van der Waals surface area contributed by atoms with Gasteiger partial charge < -0.3 is 5.11 Å². The number of aromatic carboxylic acids is 1. The van der Waals surface area contributed by atoms with E-state index in [4.69, 9.17) is 5.11 Å². The highest BCUT2D eigenvalue weighted by molar-refractivity contribution is 5.94. The van der Waals surface area contributed by atoms with E-state index in [9.17, 15) is 4.79 Å². The lowest BCUT2D eigenvalue weighted by molar-refractivity contribution is 0.0698. The second kappa shape index (κ2) is 5.14. The molecule has 0 atom stereocenters. The van der Waals surface area contributed by atoms with Gasteiger partial charge in [0.25, 0.3) is 0 Å². The average Bonchev–Trinajstić information content (AvgIpc) is 2.26. The minimum absolute atomic E-state index is 0.227. The number of nitrogens with one attached hydrogen (secondary N) is 1. The number of nitrogens with zero attached hydrogens (tertiary/aromatic N) is 1. The summed E-state index contributed by atoms with van der Waals surface area (Å²) >= 11 is 0. The quantitative estimate of drug-likeness (QED) is 0.588. The Labute approximate surface area is 88.6 Å². The second-order valence-corrected chi connectivity index (χ2v) is 3.16. The molecule has 0 heterocycles. The third kappa shape index (κ3) is 3.09. The molecular weight excluding hydrogens is 192 g/mol. The first-order valence-electron chi connectivity index (χ1n) is 4.76. The molecule has 80 valence electrons. The Morgan fingerprint density at radius 3 is 2.73 bits per heavy atom. The number of hydrogen-bond donors (Lipinski definition) is 2. The monoisotopic (exact) mass is 206 g/mol. The summed E-state index contributed by atoms with van der Waals surface area (Å²) in [4.78, 5) is 10.8. The molecule has 0 radical (unpaired) electrons. The normalized spacial score (nSPS) is 11.2. The smallest absolute Gasteiger partial charge is 0.337 e. The van der Waals surface area contributed by atoms with Crippen LogP contribution in [0.1, 0.15) is 30.6 Å². The van der Waals surface area contributed by atoms with Crippen LogP contribution in [0.4, 0.5) is 5.69 Å². The third-order valence-corrected chi connectivity index (χ3v) is 2.04. The maximum absolute atomic E-state index is 10.8.